The van der Waals surface area contributed by atoms with Crippen molar-refractivity contribution in [1.29, 1.82) is 0 Å². The highest BCUT2D eigenvalue weighted by atomic mass is 19.1. The SMILES string of the molecule is COC(=O)CN1CCN(C(=O)c2ccc(F)c(N)c2)CC1. The van der Waals surface area contributed by atoms with E-state index in [9.17, 15) is 14.0 Å². The van der Waals surface area contributed by atoms with Gasteiger partial charge in [0.05, 0.1) is 19.3 Å². The molecule has 1 amide bonds. The summed E-state index contributed by atoms with van der Waals surface area (Å²) in [6.45, 7) is 2.43. The van der Waals surface area contributed by atoms with Crippen LogP contribution in [0.1, 0.15) is 10.4 Å². The maximum absolute atomic E-state index is 13.1. The normalized spacial score (nSPS) is 15.8. The molecule has 0 aromatic heterocycles. The van der Waals surface area contributed by atoms with E-state index in [4.69, 9.17) is 5.73 Å². The number of nitrogens with two attached hydrogens (primary N) is 1. The molecule has 114 valence electrons. The van der Waals surface area contributed by atoms with Crippen LogP contribution in [-0.2, 0) is 9.53 Å². The second-order valence-corrected chi connectivity index (χ2v) is 4.88. The molecule has 2 rings (SSSR count). The summed E-state index contributed by atoms with van der Waals surface area (Å²) in [5.74, 6) is -1.00. The Kier molecular flexibility index (Phi) is 4.74. The van der Waals surface area contributed by atoms with E-state index in [1.807, 2.05) is 4.90 Å². The van der Waals surface area contributed by atoms with Crippen molar-refractivity contribution in [1.82, 2.24) is 9.80 Å². The number of nitrogen functional groups attached to an aromatic ring is 1. The average Bonchev–Trinajstić information content (AvgIpc) is 2.50. The fraction of sp³-hybridized carbons (Fsp3) is 0.429. The molecule has 1 heterocycles. The van der Waals surface area contributed by atoms with Gasteiger partial charge in [0.15, 0.2) is 0 Å². The third-order valence-corrected chi connectivity index (χ3v) is 3.48. The molecule has 0 saturated carbocycles. The van der Waals surface area contributed by atoms with Crippen molar-refractivity contribution >= 4 is 17.6 Å². The zero-order valence-electron chi connectivity index (χ0n) is 11.8. The molecule has 2 N–H and O–H groups in total. The predicted molar refractivity (Wildman–Crippen MR) is 75.2 cm³/mol. The molecule has 0 radical (unpaired) electrons. The summed E-state index contributed by atoms with van der Waals surface area (Å²) in [5, 5.41) is 0. The van der Waals surface area contributed by atoms with Crippen molar-refractivity contribution in [3.63, 3.8) is 0 Å². The maximum Gasteiger partial charge on any atom is 0.319 e. The molecule has 0 aliphatic carbocycles. The molecule has 7 heteroatoms. The molecular weight excluding hydrogens is 277 g/mol. The molecule has 1 aliphatic heterocycles. The van der Waals surface area contributed by atoms with Crippen LogP contribution < -0.4 is 5.73 Å². The van der Waals surface area contributed by atoms with Gasteiger partial charge in [0.1, 0.15) is 5.82 Å². The lowest BCUT2D eigenvalue weighted by Crippen LogP contribution is -2.50. The number of piperazine rings is 1. The zero-order chi connectivity index (χ0) is 15.4. The van der Waals surface area contributed by atoms with Crippen LogP contribution in [0.15, 0.2) is 18.2 Å². The van der Waals surface area contributed by atoms with Crippen molar-refractivity contribution in [3.05, 3.63) is 29.6 Å². The van der Waals surface area contributed by atoms with Crippen LogP contribution >= 0.6 is 0 Å². The second kappa shape index (κ2) is 6.53. The van der Waals surface area contributed by atoms with Crippen molar-refractivity contribution in [2.75, 3.05) is 45.6 Å². The Hall–Kier alpha value is -2.15. The predicted octanol–water partition coefficient (Wildman–Crippen LogP) is 0.339. The molecular formula is C14H18FN3O3. The zero-order valence-corrected chi connectivity index (χ0v) is 11.8. The van der Waals surface area contributed by atoms with Crippen LogP contribution in [0.25, 0.3) is 0 Å². The number of carbonyl (C=O) groups is 2. The lowest BCUT2D eigenvalue weighted by Gasteiger charge is -2.34. The summed E-state index contributed by atoms with van der Waals surface area (Å²) in [4.78, 5) is 27.1. The Bertz CT molecular complexity index is 542. The Morgan fingerprint density at radius 1 is 1.29 bits per heavy atom. The lowest BCUT2D eigenvalue weighted by molar-refractivity contribution is -0.142. The highest BCUT2D eigenvalue weighted by Crippen LogP contribution is 2.15. The summed E-state index contributed by atoms with van der Waals surface area (Å²) in [6, 6.07) is 3.96. The van der Waals surface area contributed by atoms with Gasteiger partial charge in [0.2, 0.25) is 0 Å². The minimum absolute atomic E-state index is 0.0369. The second-order valence-electron chi connectivity index (χ2n) is 4.88. The molecule has 0 spiro atoms. The number of amides is 1. The molecule has 1 saturated heterocycles. The van der Waals surface area contributed by atoms with Gasteiger partial charge in [-0.25, -0.2) is 4.39 Å². The standard InChI is InChI=1S/C14H18FN3O3/c1-21-13(19)9-17-4-6-18(7-5-17)14(20)10-2-3-11(15)12(16)8-10/h2-3,8H,4-7,9,16H2,1H3. The number of methoxy groups -OCH3 is 1. The number of nitrogens with zero attached hydrogens (tertiary/aromatic N) is 2. The summed E-state index contributed by atoms with van der Waals surface area (Å²) >= 11 is 0. The minimum atomic E-state index is -0.533. The largest absolute Gasteiger partial charge is 0.468 e. The summed E-state index contributed by atoms with van der Waals surface area (Å²) < 4.78 is 17.7. The summed E-state index contributed by atoms with van der Waals surface area (Å²) in [6.07, 6.45) is 0. The fourth-order valence-electron chi connectivity index (χ4n) is 2.22. The third-order valence-electron chi connectivity index (χ3n) is 3.48. The quantitative estimate of drug-likeness (QED) is 0.643. The van der Waals surface area contributed by atoms with Crippen molar-refractivity contribution in [2.24, 2.45) is 0 Å². The first-order valence-electron chi connectivity index (χ1n) is 6.64. The summed E-state index contributed by atoms with van der Waals surface area (Å²) in [7, 11) is 1.35. The first-order chi connectivity index (χ1) is 10.0. The van der Waals surface area contributed by atoms with Gasteiger partial charge in [-0.2, -0.15) is 0 Å². The van der Waals surface area contributed by atoms with Crippen LogP contribution in [0.3, 0.4) is 0 Å². The number of hydrogen-bond acceptors (Lipinski definition) is 5. The van der Waals surface area contributed by atoms with Gasteiger partial charge in [-0.3, -0.25) is 14.5 Å². The first kappa shape index (κ1) is 15.2. The van der Waals surface area contributed by atoms with E-state index in [-0.39, 0.29) is 24.1 Å². The maximum atomic E-state index is 13.1. The van der Waals surface area contributed by atoms with Gasteiger partial charge < -0.3 is 15.4 Å². The van der Waals surface area contributed by atoms with Crippen molar-refractivity contribution < 1.29 is 18.7 Å². The number of carbonyl (C=O) groups excluding carboxylic acids is 2. The first-order valence-corrected chi connectivity index (χ1v) is 6.64. The Labute approximate surface area is 122 Å². The Balaban J connectivity index is 1.93. The van der Waals surface area contributed by atoms with Gasteiger partial charge >= 0.3 is 5.97 Å². The summed E-state index contributed by atoms with van der Waals surface area (Å²) in [5.41, 5.74) is 5.81. The molecule has 1 aromatic carbocycles. The van der Waals surface area contributed by atoms with E-state index in [0.717, 1.165) is 0 Å². The number of halogens is 1. The number of benzene rings is 1. The molecule has 21 heavy (non-hydrogen) atoms. The molecule has 0 bridgehead atoms. The smallest absolute Gasteiger partial charge is 0.319 e. The van der Waals surface area contributed by atoms with Crippen LogP contribution in [0.4, 0.5) is 10.1 Å². The van der Waals surface area contributed by atoms with E-state index >= 15 is 0 Å². The fourth-order valence-corrected chi connectivity index (χ4v) is 2.22. The number of rotatable bonds is 3. The molecule has 1 aromatic rings. The third kappa shape index (κ3) is 3.69. The van der Waals surface area contributed by atoms with Gasteiger partial charge in [-0.15, -0.1) is 0 Å². The number of ether oxygens (including phenoxy) is 1. The monoisotopic (exact) mass is 295 g/mol. The number of esters is 1. The average molecular weight is 295 g/mol. The van der Waals surface area contributed by atoms with Crippen LogP contribution in [-0.4, -0.2) is 61.5 Å². The molecule has 1 aliphatic rings. The molecule has 1 fully saturated rings. The van der Waals surface area contributed by atoms with Crippen molar-refractivity contribution in [3.8, 4) is 0 Å². The molecule has 0 atom stereocenters. The topological polar surface area (TPSA) is 75.9 Å². The van der Waals surface area contributed by atoms with E-state index in [0.29, 0.717) is 31.7 Å². The van der Waals surface area contributed by atoms with E-state index in [2.05, 4.69) is 4.74 Å². The van der Waals surface area contributed by atoms with Gasteiger partial charge in [-0.05, 0) is 18.2 Å². The van der Waals surface area contributed by atoms with Crippen LogP contribution in [0.5, 0.6) is 0 Å². The van der Waals surface area contributed by atoms with Gasteiger partial charge in [0.25, 0.3) is 5.91 Å². The Morgan fingerprint density at radius 3 is 2.52 bits per heavy atom. The molecule has 6 nitrogen and oxygen atoms in total. The van der Waals surface area contributed by atoms with E-state index in [1.165, 1.54) is 25.3 Å². The highest BCUT2D eigenvalue weighted by molar-refractivity contribution is 5.95. The highest BCUT2D eigenvalue weighted by Gasteiger charge is 2.23. The van der Waals surface area contributed by atoms with Crippen LogP contribution in [0.2, 0.25) is 0 Å². The van der Waals surface area contributed by atoms with Crippen LogP contribution in [0, 0.1) is 5.82 Å². The van der Waals surface area contributed by atoms with E-state index in [1.54, 1.807) is 4.90 Å². The van der Waals surface area contributed by atoms with Gasteiger partial charge in [-0.1, -0.05) is 0 Å². The number of hydrogen-bond donors (Lipinski definition) is 1. The Morgan fingerprint density at radius 2 is 1.95 bits per heavy atom. The minimum Gasteiger partial charge on any atom is -0.468 e. The van der Waals surface area contributed by atoms with Crippen molar-refractivity contribution in [2.45, 2.75) is 0 Å². The van der Waals surface area contributed by atoms with E-state index < -0.39 is 5.82 Å². The molecule has 0 unspecified atom stereocenters. The van der Waals surface area contributed by atoms with Gasteiger partial charge in [0, 0.05) is 31.7 Å². The number of anilines is 1. The lowest BCUT2D eigenvalue weighted by atomic mass is 10.1.